The third-order valence-corrected chi connectivity index (χ3v) is 10.5. The molecule has 0 aliphatic carbocycles. The van der Waals surface area contributed by atoms with Gasteiger partial charge in [0.05, 0.1) is 0 Å². The molecule has 1 aliphatic heterocycles. The topological polar surface area (TPSA) is 0 Å². The summed E-state index contributed by atoms with van der Waals surface area (Å²) in [6, 6.07) is 24.0. The molecular formula is C30H38S. The first-order valence-electron chi connectivity index (χ1n) is 11.6. The molecule has 31 heavy (non-hydrogen) atoms. The van der Waals surface area contributed by atoms with E-state index in [0.717, 1.165) is 6.42 Å². The van der Waals surface area contributed by atoms with Gasteiger partial charge in [-0.3, -0.25) is 0 Å². The molecule has 0 amide bonds. The maximum atomic E-state index is 2.50. The molecule has 0 saturated heterocycles. The Bertz CT molecular complexity index is 1040. The maximum Gasteiger partial charge on any atom is 0.00584 e. The second kappa shape index (κ2) is 7.55. The predicted molar refractivity (Wildman–Crippen MR) is 138 cm³/mol. The quantitative estimate of drug-likeness (QED) is 0.388. The van der Waals surface area contributed by atoms with Gasteiger partial charge in [0.15, 0.2) is 0 Å². The third kappa shape index (κ3) is 3.76. The molecule has 1 heterocycles. The Kier molecular flexibility index (Phi) is 5.41. The standard InChI is InChI=1S/C30H38S/c1-9-10-21-11-15-24(16-12-21)31(8)27-17-13-22(29(2,3)4)19-25(27)26-20-23(30(5,6)7)14-18-28(26)31/h11-20H,9-10H2,1-8H3. The number of fused-ring (bicyclic) bond motifs is 3. The van der Waals surface area contributed by atoms with Crippen LogP contribution in [0.15, 0.2) is 75.4 Å². The van der Waals surface area contributed by atoms with Gasteiger partial charge in [0, 0.05) is 9.79 Å². The van der Waals surface area contributed by atoms with Gasteiger partial charge >= 0.3 is 0 Å². The molecule has 1 aliphatic rings. The summed E-state index contributed by atoms with van der Waals surface area (Å²) in [7, 11) is -1.26. The molecule has 0 unspecified atom stereocenters. The summed E-state index contributed by atoms with van der Waals surface area (Å²) in [5.74, 6) is 0. The van der Waals surface area contributed by atoms with E-state index in [0.29, 0.717) is 0 Å². The molecule has 4 rings (SSSR count). The van der Waals surface area contributed by atoms with Gasteiger partial charge < -0.3 is 0 Å². The molecule has 0 fully saturated rings. The molecule has 0 atom stereocenters. The smallest absolute Gasteiger partial charge is 0.00584 e. The van der Waals surface area contributed by atoms with Crippen LogP contribution in [0.1, 0.15) is 71.6 Å². The zero-order chi connectivity index (χ0) is 22.6. The van der Waals surface area contributed by atoms with Gasteiger partial charge in [-0.2, -0.15) is 10.0 Å². The number of hydrogen-bond donors (Lipinski definition) is 0. The summed E-state index contributed by atoms with van der Waals surface area (Å²) in [5.41, 5.74) is 7.46. The Morgan fingerprint density at radius 1 is 0.645 bits per heavy atom. The van der Waals surface area contributed by atoms with Gasteiger partial charge in [0.2, 0.25) is 0 Å². The van der Waals surface area contributed by atoms with Gasteiger partial charge in [0.25, 0.3) is 0 Å². The SMILES string of the molecule is CCCc1ccc(S2(C)c3ccc(C(C)(C)C)cc3-c3cc(C(C)(C)C)ccc32)cc1. The van der Waals surface area contributed by atoms with Crippen molar-refractivity contribution in [1.29, 1.82) is 0 Å². The summed E-state index contributed by atoms with van der Waals surface area (Å²) in [6.45, 7) is 16.1. The first kappa shape index (κ1) is 22.2. The van der Waals surface area contributed by atoms with Gasteiger partial charge in [-0.25, -0.2) is 0 Å². The van der Waals surface area contributed by atoms with E-state index in [4.69, 9.17) is 0 Å². The van der Waals surface area contributed by atoms with Crippen LogP contribution in [-0.2, 0) is 17.3 Å². The van der Waals surface area contributed by atoms with E-state index in [2.05, 4.69) is 115 Å². The number of benzene rings is 3. The minimum atomic E-state index is -1.26. The fraction of sp³-hybridized carbons (Fsp3) is 0.400. The van der Waals surface area contributed by atoms with Crippen molar-refractivity contribution in [1.82, 2.24) is 0 Å². The highest BCUT2D eigenvalue weighted by molar-refractivity contribution is 8.33. The Labute approximate surface area is 191 Å². The predicted octanol–water partition coefficient (Wildman–Crippen LogP) is 9.13. The van der Waals surface area contributed by atoms with Crippen LogP contribution in [0.3, 0.4) is 0 Å². The molecule has 3 aromatic rings. The van der Waals surface area contributed by atoms with Crippen molar-refractivity contribution in [3.63, 3.8) is 0 Å². The molecule has 0 N–H and O–H groups in total. The van der Waals surface area contributed by atoms with Gasteiger partial charge in [-0.15, -0.1) is 0 Å². The Morgan fingerprint density at radius 2 is 1.10 bits per heavy atom. The van der Waals surface area contributed by atoms with Crippen molar-refractivity contribution < 1.29 is 0 Å². The van der Waals surface area contributed by atoms with Gasteiger partial charge in [0.1, 0.15) is 0 Å². The highest BCUT2D eigenvalue weighted by Gasteiger charge is 2.38. The number of rotatable bonds is 3. The summed E-state index contributed by atoms with van der Waals surface area (Å²) < 4.78 is 0. The maximum absolute atomic E-state index is 2.50. The number of aryl methyl sites for hydroxylation is 1. The van der Waals surface area contributed by atoms with Crippen LogP contribution < -0.4 is 0 Å². The molecule has 0 bridgehead atoms. The highest BCUT2D eigenvalue weighted by atomic mass is 32.3. The van der Waals surface area contributed by atoms with E-state index >= 15 is 0 Å². The van der Waals surface area contributed by atoms with Crippen LogP contribution in [0.2, 0.25) is 0 Å². The molecule has 0 radical (unpaired) electrons. The van der Waals surface area contributed by atoms with E-state index in [1.165, 1.54) is 48.9 Å². The van der Waals surface area contributed by atoms with Crippen LogP contribution in [0, 0.1) is 0 Å². The van der Waals surface area contributed by atoms with Crippen LogP contribution in [0.4, 0.5) is 0 Å². The Morgan fingerprint density at radius 3 is 1.48 bits per heavy atom. The van der Waals surface area contributed by atoms with Gasteiger partial charge in [-0.1, -0.05) is 79.2 Å². The third-order valence-electron chi connectivity index (χ3n) is 6.79. The second-order valence-corrected chi connectivity index (χ2v) is 14.4. The Balaban J connectivity index is 1.97. The van der Waals surface area contributed by atoms with Crippen molar-refractivity contribution in [3.05, 3.63) is 77.4 Å². The second-order valence-electron chi connectivity index (χ2n) is 11.2. The van der Waals surface area contributed by atoms with E-state index < -0.39 is 10.0 Å². The molecule has 0 saturated carbocycles. The van der Waals surface area contributed by atoms with E-state index in [9.17, 15) is 0 Å². The van der Waals surface area contributed by atoms with Crippen LogP contribution in [-0.4, -0.2) is 6.26 Å². The lowest BCUT2D eigenvalue weighted by Crippen LogP contribution is -2.11. The zero-order valence-electron chi connectivity index (χ0n) is 20.6. The van der Waals surface area contributed by atoms with E-state index in [-0.39, 0.29) is 10.8 Å². The lowest BCUT2D eigenvalue weighted by Gasteiger charge is -2.35. The largest absolute Gasteiger partial charge is 0.162 e. The monoisotopic (exact) mass is 430 g/mol. The summed E-state index contributed by atoms with van der Waals surface area (Å²) in [4.78, 5) is 4.51. The van der Waals surface area contributed by atoms with Crippen molar-refractivity contribution >= 4 is 10.0 Å². The lowest BCUT2D eigenvalue weighted by molar-refractivity contribution is 0.589. The van der Waals surface area contributed by atoms with Crippen LogP contribution in [0.5, 0.6) is 0 Å². The van der Waals surface area contributed by atoms with E-state index in [1.807, 2.05) is 0 Å². The average molecular weight is 431 g/mol. The first-order valence-corrected chi connectivity index (χ1v) is 13.7. The summed E-state index contributed by atoms with van der Waals surface area (Å²) in [5, 5.41) is 0. The highest BCUT2D eigenvalue weighted by Crippen LogP contribution is 2.74. The molecular weight excluding hydrogens is 392 g/mol. The molecule has 0 nitrogen and oxygen atoms in total. The fourth-order valence-electron chi connectivity index (χ4n) is 4.72. The minimum absolute atomic E-state index is 0.146. The normalized spacial score (nSPS) is 16.0. The van der Waals surface area contributed by atoms with Crippen LogP contribution >= 0.6 is 10.0 Å². The molecule has 0 aromatic heterocycles. The zero-order valence-corrected chi connectivity index (χ0v) is 21.4. The fourth-order valence-corrected chi connectivity index (χ4v) is 8.04. The molecule has 0 spiro atoms. The van der Waals surface area contributed by atoms with Crippen LogP contribution in [0.25, 0.3) is 11.1 Å². The van der Waals surface area contributed by atoms with Crippen molar-refractivity contribution in [3.8, 4) is 11.1 Å². The summed E-state index contributed by atoms with van der Waals surface area (Å²) in [6.07, 6.45) is 4.85. The van der Waals surface area contributed by atoms with Crippen molar-refractivity contribution in [2.75, 3.05) is 6.26 Å². The van der Waals surface area contributed by atoms with Crippen molar-refractivity contribution in [2.45, 2.75) is 86.8 Å². The van der Waals surface area contributed by atoms with Crippen molar-refractivity contribution in [2.24, 2.45) is 0 Å². The number of hydrogen-bond acceptors (Lipinski definition) is 0. The average Bonchev–Trinajstić information content (AvgIpc) is 2.96. The molecule has 3 aromatic carbocycles. The summed E-state index contributed by atoms with van der Waals surface area (Å²) >= 11 is 0. The minimum Gasteiger partial charge on any atom is -0.162 e. The lowest BCUT2D eigenvalue weighted by atomic mass is 9.83. The van der Waals surface area contributed by atoms with E-state index in [1.54, 1.807) is 0 Å². The molecule has 164 valence electrons. The molecule has 1 heteroatoms. The first-order chi connectivity index (χ1) is 14.5. The Hall–Kier alpha value is -1.99. The van der Waals surface area contributed by atoms with Gasteiger partial charge in [-0.05, 0) is 92.6 Å².